The molecule has 0 aliphatic carbocycles. The third-order valence-corrected chi connectivity index (χ3v) is 4.22. The minimum atomic E-state index is -0.462. The lowest BCUT2D eigenvalue weighted by Crippen LogP contribution is -2.33. The van der Waals surface area contributed by atoms with Gasteiger partial charge in [0, 0.05) is 31.4 Å². The first-order valence-electron chi connectivity index (χ1n) is 8.08. The Labute approximate surface area is 138 Å². The van der Waals surface area contributed by atoms with Gasteiger partial charge in [0.1, 0.15) is 0 Å². The maximum absolute atomic E-state index is 12.0. The number of hydroxylamine groups is 2. The molecule has 2 aromatic rings. The van der Waals surface area contributed by atoms with Crippen LogP contribution in [0.15, 0.2) is 22.0 Å². The molecular formula is C15H22N6O3. The normalized spacial score (nSPS) is 21.5. The number of nitrogens with zero attached hydrogens (tertiary/aromatic N) is 5. The Morgan fingerprint density at radius 2 is 2.17 bits per heavy atom. The van der Waals surface area contributed by atoms with Crippen molar-refractivity contribution in [2.75, 3.05) is 7.05 Å². The van der Waals surface area contributed by atoms with Crippen LogP contribution in [-0.4, -0.2) is 42.7 Å². The molecule has 130 valence electrons. The molecule has 3 heterocycles. The summed E-state index contributed by atoms with van der Waals surface area (Å²) in [6.07, 6.45) is 5.59. The summed E-state index contributed by atoms with van der Waals surface area (Å²) >= 11 is 0. The SMILES string of the molecule is CCCc1cn(C[C@H]2C[C@H](n3cc(C)c(=O)[nH]c3=O)ON2C)nn1. The van der Waals surface area contributed by atoms with Crippen LogP contribution in [0.2, 0.25) is 0 Å². The molecule has 1 aliphatic rings. The van der Waals surface area contributed by atoms with Gasteiger partial charge in [-0.3, -0.25) is 23.9 Å². The van der Waals surface area contributed by atoms with Crippen molar-refractivity contribution >= 4 is 0 Å². The Hall–Kier alpha value is -2.26. The maximum atomic E-state index is 12.0. The van der Waals surface area contributed by atoms with E-state index in [1.807, 2.05) is 13.2 Å². The van der Waals surface area contributed by atoms with Crippen LogP contribution in [0, 0.1) is 6.92 Å². The first kappa shape index (κ1) is 16.6. The Balaban J connectivity index is 1.73. The quantitative estimate of drug-likeness (QED) is 0.840. The second-order valence-corrected chi connectivity index (χ2v) is 6.16. The van der Waals surface area contributed by atoms with E-state index in [4.69, 9.17) is 4.84 Å². The zero-order valence-electron chi connectivity index (χ0n) is 14.1. The molecule has 0 radical (unpaired) electrons. The second-order valence-electron chi connectivity index (χ2n) is 6.16. The van der Waals surface area contributed by atoms with Crippen LogP contribution in [0.25, 0.3) is 0 Å². The third kappa shape index (κ3) is 3.31. The van der Waals surface area contributed by atoms with Gasteiger partial charge in [0.25, 0.3) is 5.56 Å². The van der Waals surface area contributed by atoms with Gasteiger partial charge in [0.15, 0.2) is 6.23 Å². The van der Waals surface area contributed by atoms with E-state index in [0.717, 1.165) is 18.5 Å². The fourth-order valence-electron chi connectivity index (χ4n) is 2.87. The maximum Gasteiger partial charge on any atom is 0.330 e. The van der Waals surface area contributed by atoms with Gasteiger partial charge in [-0.2, -0.15) is 5.06 Å². The lowest BCUT2D eigenvalue weighted by atomic mass is 10.2. The van der Waals surface area contributed by atoms with Crippen LogP contribution in [0.4, 0.5) is 0 Å². The summed E-state index contributed by atoms with van der Waals surface area (Å²) in [5.74, 6) is 0. The molecule has 1 aliphatic heterocycles. The van der Waals surface area contributed by atoms with Crippen molar-refractivity contribution in [1.29, 1.82) is 0 Å². The van der Waals surface area contributed by atoms with Crippen molar-refractivity contribution in [2.24, 2.45) is 0 Å². The van der Waals surface area contributed by atoms with Crippen LogP contribution < -0.4 is 11.2 Å². The van der Waals surface area contributed by atoms with Crippen molar-refractivity contribution in [3.05, 3.63) is 44.5 Å². The number of H-pyrrole nitrogens is 1. The fraction of sp³-hybridized carbons (Fsp3) is 0.600. The molecule has 24 heavy (non-hydrogen) atoms. The molecule has 1 saturated heterocycles. The molecule has 0 spiro atoms. The summed E-state index contributed by atoms with van der Waals surface area (Å²) < 4.78 is 3.23. The molecule has 1 fully saturated rings. The van der Waals surface area contributed by atoms with Gasteiger partial charge in [-0.1, -0.05) is 18.6 Å². The Bertz CT molecular complexity index is 823. The lowest BCUT2D eigenvalue weighted by Gasteiger charge is -2.16. The predicted molar refractivity (Wildman–Crippen MR) is 86.4 cm³/mol. The zero-order valence-corrected chi connectivity index (χ0v) is 14.1. The van der Waals surface area contributed by atoms with Gasteiger partial charge in [0.2, 0.25) is 0 Å². The van der Waals surface area contributed by atoms with E-state index in [-0.39, 0.29) is 11.6 Å². The summed E-state index contributed by atoms with van der Waals surface area (Å²) in [7, 11) is 1.83. The highest BCUT2D eigenvalue weighted by Crippen LogP contribution is 2.27. The molecule has 0 bridgehead atoms. The van der Waals surface area contributed by atoms with E-state index in [0.29, 0.717) is 18.5 Å². The lowest BCUT2D eigenvalue weighted by molar-refractivity contribution is -0.168. The molecule has 9 heteroatoms. The van der Waals surface area contributed by atoms with Crippen LogP contribution in [0.3, 0.4) is 0 Å². The van der Waals surface area contributed by atoms with E-state index in [1.165, 1.54) is 10.8 Å². The molecule has 2 aromatic heterocycles. The minimum Gasteiger partial charge on any atom is -0.274 e. The molecule has 0 amide bonds. The minimum absolute atomic E-state index is 0.0605. The summed E-state index contributed by atoms with van der Waals surface area (Å²) in [6.45, 7) is 4.39. The standard InChI is InChI=1S/C15H22N6O3/c1-4-5-11-8-20(18-17-11)9-12-6-13(24-19(12)3)21-7-10(2)14(22)16-15(21)23/h7-8,12-13H,4-6,9H2,1-3H3,(H,16,22,23)/t12-,13-/m1/s1. The van der Waals surface area contributed by atoms with Gasteiger partial charge >= 0.3 is 5.69 Å². The summed E-state index contributed by atoms with van der Waals surface area (Å²) in [5.41, 5.74) is 0.619. The molecule has 0 unspecified atom stereocenters. The molecule has 9 nitrogen and oxygen atoms in total. The van der Waals surface area contributed by atoms with Gasteiger partial charge < -0.3 is 0 Å². The van der Waals surface area contributed by atoms with E-state index in [2.05, 4.69) is 22.2 Å². The summed E-state index contributed by atoms with van der Waals surface area (Å²) in [4.78, 5) is 31.6. The molecule has 2 atom stereocenters. The second kappa shape index (κ2) is 6.70. The number of hydrogen-bond acceptors (Lipinski definition) is 6. The Kier molecular flexibility index (Phi) is 4.63. The number of likely N-dealkylation sites (N-methyl/N-ethyl adjacent to an activating group) is 1. The van der Waals surface area contributed by atoms with Crippen molar-refractivity contribution in [3.8, 4) is 0 Å². The summed E-state index contributed by atoms with van der Waals surface area (Å²) in [5, 5.41) is 10.0. The molecule has 0 saturated carbocycles. The van der Waals surface area contributed by atoms with E-state index >= 15 is 0 Å². The van der Waals surface area contributed by atoms with Crippen molar-refractivity contribution < 1.29 is 4.84 Å². The van der Waals surface area contributed by atoms with Crippen molar-refractivity contribution in [1.82, 2.24) is 29.6 Å². The monoisotopic (exact) mass is 334 g/mol. The number of aromatic amines is 1. The average molecular weight is 334 g/mol. The highest BCUT2D eigenvalue weighted by atomic mass is 16.7. The fourth-order valence-corrected chi connectivity index (χ4v) is 2.87. The van der Waals surface area contributed by atoms with E-state index in [9.17, 15) is 9.59 Å². The van der Waals surface area contributed by atoms with Crippen LogP contribution in [0.1, 0.15) is 37.3 Å². The predicted octanol–water partition coefficient (Wildman–Crippen LogP) is 0.224. The number of rotatable bonds is 5. The largest absolute Gasteiger partial charge is 0.330 e. The topological polar surface area (TPSA) is 98.0 Å². The molecule has 0 aromatic carbocycles. The first-order valence-corrected chi connectivity index (χ1v) is 8.08. The van der Waals surface area contributed by atoms with Gasteiger partial charge in [0.05, 0.1) is 18.3 Å². The summed E-state index contributed by atoms with van der Waals surface area (Å²) in [6, 6.07) is 0.0605. The Morgan fingerprint density at radius 1 is 1.38 bits per heavy atom. The molecular weight excluding hydrogens is 312 g/mol. The third-order valence-electron chi connectivity index (χ3n) is 4.22. The molecule has 3 rings (SSSR count). The van der Waals surface area contributed by atoms with E-state index < -0.39 is 11.9 Å². The number of aryl methyl sites for hydroxylation is 2. The Morgan fingerprint density at radius 3 is 2.92 bits per heavy atom. The number of hydrogen-bond donors (Lipinski definition) is 1. The first-order chi connectivity index (χ1) is 11.5. The van der Waals surface area contributed by atoms with Gasteiger partial charge in [-0.25, -0.2) is 4.79 Å². The van der Waals surface area contributed by atoms with Gasteiger partial charge in [-0.15, -0.1) is 5.10 Å². The zero-order chi connectivity index (χ0) is 17.3. The number of nitrogens with one attached hydrogen (secondary N) is 1. The van der Waals surface area contributed by atoms with Crippen LogP contribution in [0.5, 0.6) is 0 Å². The van der Waals surface area contributed by atoms with Crippen molar-refractivity contribution in [3.63, 3.8) is 0 Å². The highest BCUT2D eigenvalue weighted by Gasteiger charge is 2.33. The highest BCUT2D eigenvalue weighted by molar-refractivity contribution is 5.01. The van der Waals surface area contributed by atoms with E-state index in [1.54, 1.807) is 16.7 Å². The van der Waals surface area contributed by atoms with Gasteiger partial charge in [-0.05, 0) is 13.3 Å². The van der Waals surface area contributed by atoms with Crippen LogP contribution >= 0.6 is 0 Å². The molecule has 1 N–H and O–H groups in total. The van der Waals surface area contributed by atoms with Crippen molar-refractivity contribution in [2.45, 2.75) is 51.9 Å². The number of aromatic nitrogens is 5. The average Bonchev–Trinajstić information content (AvgIpc) is 3.11. The smallest absolute Gasteiger partial charge is 0.274 e. The van der Waals surface area contributed by atoms with Crippen LogP contribution in [-0.2, 0) is 17.8 Å².